The van der Waals surface area contributed by atoms with Crippen molar-refractivity contribution in [3.8, 4) is 0 Å². The fraction of sp³-hybridized carbons (Fsp3) is 0.189. The van der Waals surface area contributed by atoms with E-state index in [4.69, 9.17) is 0 Å². The summed E-state index contributed by atoms with van der Waals surface area (Å²) in [5.74, 6) is 0. The van der Waals surface area contributed by atoms with Gasteiger partial charge in [0.1, 0.15) is 5.66 Å². The molecule has 0 aliphatic carbocycles. The van der Waals surface area contributed by atoms with Gasteiger partial charge < -0.3 is 9.80 Å². The molecular formula is C37H36N2. The van der Waals surface area contributed by atoms with Gasteiger partial charge in [0, 0.05) is 13.1 Å². The number of benzene rings is 5. The Balaban J connectivity index is 1.65. The lowest BCUT2D eigenvalue weighted by molar-refractivity contribution is 0.444. The summed E-state index contributed by atoms with van der Waals surface area (Å²) in [6.45, 7) is 8.74. The molecule has 0 spiro atoms. The van der Waals surface area contributed by atoms with Crippen molar-refractivity contribution in [2.24, 2.45) is 0 Å². The molecule has 194 valence electrons. The highest BCUT2D eigenvalue weighted by Gasteiger charge is 2.47. The quantitative estimate of drug-likeness (QED) is 0.203. The van der Waals surface area contributed by atoms with Crippen molar-refractivity contribution in [3.63, 3.8) is 0 Å². The summed E-state index contributed by atoms with van der Waals surface area (Å²) in [5.41, 5.74) is 8.24. The topological polar surface area (TPSA) is 6.48 Å². The molecule has 0 saturated heterocycles. The fourth-order valence-electron chi connectivity index (χ4n) is 6.90. The van der Waals surface area contributed by atoms with Crippen LogP contribution in [0.25, 0.3) is 0 Å². The van der Waals surface area contributed by atoms with E-state index in [1.807, 2.05) is 0 Å². The first-order valence-corrected chi connectivity index (χ1v) is 14.1. The molecule has 5 aromatic carbocycles. The molecule has 39 heavy (non-hydrogen) atoms. The maximum atomic E-state index is 2.58. The average Bonchev–Trinajstić information content (AvgIpc) is 3.26. The zero-order valence-electron chi connectivity index (χ0n) is 23.1. The van der Waals surface area contributed by atoms with Gasteiger partial charge in [-0.3, -0.25) is 0 Å². The molecule has 0 N–H and O–H groups in total. The van der Waals surface area contributed by atoms with E-state index in [0.717, 1.165) is 13.1 Å². The van der Waals surface area contributed by atoms with Crippen molar-refractivity contribution >= 4 is 11.4 Å². The van der Waals surface area contributed by atoms with Crippen molar-refractivity contribution in [2.75, 3.05) is 22.9 Å². The molecule has 2 heteroatoms. The zero-order valence-corrected chi connectivity index (χ0v) is 23.1. The Kier molecular flexibility index (Phi) is 6.48. The predicted molar refractivity (Wildman–Crippen MR) is 165 cm³/mol. The van der Waals surface area contributed by atoms with Crippen LogP contribution in [-0.4, -0.2) is 13.1 Å². The summed E-state index contributed by atoms with van der Waals surface area (Å²) in [6.07, 6.45) is 0. The van der Waals surface area contributed by atoms with Crippen molar-refractivity contribution < 1.29 is 0 Å². The molecule has 0 saturated carbocycles. The van der Waals surface area contributed by atoms with Gasteiger partial charge in [-0.25, -0.2) is 0 Å². The summed E-state index contributed by atoms with van der Waals surface area (Å²) in [5, 5.41) is 0. The second-order valence-corrected chi connectivity index (χ2v) is 10.4. The number of anilines is 2. The maximum Gasteiger partial charge on any atom is 0.136 e. The number of rotatable bonds is 7. The van der Waals surface area contributed by atoms with Gasteiger partial charge in [-0.15, -0.1) is 0 Å². The Labute approximate surface area is 233 Å². The summed E-state index contributed by atoms with van der Waals surface area (Å²) >= 11 is 0. The molecule has 1 atom stereocenters. The Morgan fingerprint density at radius 2 is 0.897 bits per heavy atom. The second kappa shape index (κ2) is 10.1. The third kappa shape index (κ3) is 3.78. The highest BCUT2D eigenvalue weighted by Crippen LogP contribution is 2.53. The molecule has 0 fully saturated rings. The molecule has 0 unspecified atom stereocenters. The third-order valence-corrected chi connectivity index (χ3v) is 8.61. The Hall–Kier alpha value is -4.30. The monoisotopic (exact) mass is 508 g/mol. The van der Waals surface area contributed by atoms with Crippen LogP contribution in [0.5, 0.6) is 0 Å². The molecule has 1 aliphatic heterocycles. The van der Waals surface area contributed by atoms with Gasteiger partial charge >= 0.3 is 0 Å². The van der Waals surface area contributed by atoms with Crippen LogP contribution in [0.4, 0.5) is 11.4 Å². The van der Waals surface area contributed by atoms with E-state index >= 15 is 0 Å². The van der Waals surface area contributed by atoms with Crippen molar-refractivity contribution in [1.29, 1.82) is 0 Å². The van der Waals surface area contributed by atoms with E-state index in [1.54, 1.807) is 0 Å². The van der Waals surface area contributed by atoms with Crippen LogP contribution in [0.15, 0.2) is 140 Å². The van der Waals surface area contributed by atoms with Crippen molar-refractivity contribution in [2.45, 2.75) is 31.8 Å². The lowest BCUT2D eigenvalue weighted by Gasteiger charge is -2.43. The minimum atomic E-state index is -0.457. The number of hydrogen-bond acceptors (Lipinski definition) is 2. The minimum Gasteiger partial charge on any atom is -0.344 e. The normalized spacial score (nSPS) is 16.8. The van der Waals surface area contributed by atoms with Gasteiger partial charge in [0.2, 0.25) is 0 Å². The van der Waals surface area contributed by atoms with Gasteiger partial charge in [0.15, 0.2) is 0 Å². The summed E-state index contributed by atoms with van der Waals surface area (Å²) in [4.78, 5) is 5.14. The average molecular weight is 509 g/mol. The van der Waals surface area contributed by atoms with Gasteiger partial charge in [-0.1, -0.05) is 127 Å². The first kappa shape index (κ1) is 25.0. The van der Waals surface area contributed by atoms with Crippen LogP contribution in [0, 0.1) is 0 Å². The van der Waals surface area contributed by atoms with Gasteiger partial charge in [-0.05, 0) is 60.7 Å². The van der Waals surface area contributed by atoms with E-state index in [0.29, 0.717) is 0 Å². The van der Waals surface area contributed by atoms with Crippen LogP contribution in [0.2, 0.25) is 0 Å². The largest absolute Gasteiger partial charge is 0.344 e. The Bertz CT molecular complexity index is 1430. The van der Waals surface area contributed by atoms with Gasteiger partial charge in [0.25, 0.3) is 0 Å². The standard InChI is InChI=1S/C37H36N2/c1-4-38-34-27-26-33(28-35(34)39(5-2)36(38,3)29-18-10-6-11-19-29)37(30-20-12-7-13-21-30,31-22-14-8-15-23-31)32-24-16-9-17-25-32/h6-28H,4-5H2,1-3H3/t36-/m0/s1. The van der Waals surface area contributed by atoms with E-state index in [2.05, 4.69) is 170 Å². The lowest BCUT2D eigenvalue weighted by atomic mass is 9.65. The molecule has 0 amide bonds. The van der Waals surface area contributed by atoms with E-state index in [1.165, 1.54) is 39.2 Å². The molecule has 0 aromatic heterocycles. The predicted octanol–water partition coefficient (Wildman–Crippen LogP) is 8.61. The molecular weight excluding hydrogens is 472 g/mol. The smallest absolute Gasteiger partial charge is 0.136 e. The summed E-state index contributed by atoms with van der Waals surface area (Å²) < 4.78 is 0. The van der Waals surface area contributed by atoms with Gasteiger partial charge in [0.05, 0.1) is 16.8 Å². The molecule has 0 radical (unpaired) electrons. The number of hydrogen-bond donors (Lipinski definition) is 0. The van der Waals surface area contributed by atoms with Crippen LogP contribution in [0.3, 0.4) is 0 Å². The highest BCUT2D eigenvalue weighted by molar-refractivity contribution is 5.82. The third-order valence-electron chi connectivity index (χ3n) is 8.61. The van der Waals surface area contributed by atoms with E-state index in [9.17, 15) is 0 Å². The van der Waals surface area contributed by atoms with Crippen molar-refractivity contribution in [3.05, 3.63) is 167 Å². The van der Waals surface area contributed by atoms with Crippen LogP contribution >= 0.6 is 0 Å². The Morgan fingerprint density at radius 3 is 1.33 bits per heavy atom. The number of nitrogens with zero attached hydrogens (tertiary/aromatic N) is 2. The van der Waals surface area contributed by atoms with E-state index in [-0.39, 0.29) is 5.66 Å². The van der Waals surface area contributed by atoms with Crippen LogP contribution < -0.4 is 9.80 Å². The van der Waals surface area contributed by atoms with E-state index < -0.39 is 5.41 Å². The SMILES string of the molecule is CCN1c2ccc(C(c3ccccc3)(c3ccccc3)c3ccccc3)cc2N(CC)[C@@]1(C)c1ccccc1. The van der Waals surface area contributed by atoms with Gasteiger partial charge in [-0.2, -0.15) is 0 Å². The van der Waals surface area contributed by atoms with Crippen molar-refractivity contribution in [1.82, 2.24) is 0 Å². The summed E-state index contributed by atoms with van der Waals surface area (Å²) in [6, 6.07) is 51.0. The lowest BCUT2D eigenvalue weighted by Crippen LogP contribution is -2.52. The van der Waals surface area contributed by atoms with Crippen LogP contribution in [0.1, 0.15) is 48.6 Å². The van der Waals surface area contributed by atoms with Crippen LogP contribution in [-0.2, 0) is 11.1 Å². The Morgan fingerprint density at radius 1 is 0.487 bits per heavy atom. The first-order chi connectivity index (χ1) is 19.2. The second-order valence-electron chi connectivity index (χ2n) is 10.4. The molecule has 1 aliphatic rings. The molecule has 0 bridgehead atoms. The summed E-state index contributed by atoms with van der Waals surface area (Å²) in [7, 11) is 0. The minimum absolute atomic E-state index is 0.263. The maximum absolute atomic E-state index is 2.58. The zero-order chi connectivity index (χ0) is 26.9. The molecule has 2 nitrogen and oxygen atoms in total. The molecule has 1 heterocycles. The molecule has 5 aromatic rings. The first-order valence-electron chi connectivity index (χ1n) is 14.1. The number of fused-ring (bicyclic) bond motifs is 1. The molecule has 6 rings (SSSR count). The highest BCUT2D eigenvalue weighted by atomic mass is 15.5. The fourth-order valence-corrected chi connectivity index (χ4v) is 6.90.